The average molecular weight is 782 g/mol. The van der Waals surface area contributed by atoms with Gasteiger partial charge in [0.2, 0.25) is 0 Å². The Morgan fingerprint density at radius 1 is 0.450 bits per heavy atom. The van der Waals surface area contributed by atoms with Crippen molar-refractivity contribution < 1.29 is 4.74 Å². The number of hydrogen-bond donors (Lipinski definition) is 0. The van der Waals surface area contributed by atoms with E-state index in [1.165, 1.54) is 117 Å². The first kappa shape index (κ1) is 36.3. The molecule has 0 aromatic heterocycles. The van der Waals surface area contributed by atoms with E-state index >= 15 is 0 Å². The number of ether oxygens (including phenoxy) is 1. The fourth-order valence-corrected chi connectivity index (χ4v) is 13.3. The normalized spacial score (nSPS) is 25.0. The van der Waals surface area contributed by atoms with Gasteiger partial charge in [-0.3, -0.25) is 0 Å². The molecule has 4 fully saturated rings. The minimum Gasteiger partial charge on any atom is -0.457 e. The second-order valence-corrected chi connectivity index (χ2v) is 20.4. The lowest BCUT2D eigenvalue weighted by Gasteiger charge is -2.63. The fraction of sp³-hybridized carbons (Fsp3) is 0.310. The maximum absolute atomic E-state index is 6.88. The van der Waals surface area contributed by atoms with E-state index in [9.17, 15) is 0 Å². The maximum Gasteiger partial charge on any atom is 0.131 e. The second kappa shape index (κ2) is 13.2. The Morgan fingerprint density at radius 3 is 1.73 bits per heavy atom. The van der Waals surface area contributed by atoms with E-state index in [-0.39, 0.29) is 16.2 Å². The molecule has 0 unspecified atom stereocenters. The smallest absolute Gasteiger partial charge is 0.131 e. The summed E-state index contributed by atoms with van der Waals surface area (Å²) in [6.45, 7) is 9.74. The summed E-state index contributed by atoms with van der Waals surface area (Å²) in [7, 11) is 0. The molecular weight excluding hydrogens is 727 g/mol. The molecule has 1 spiro atoms. The highest BCUT2D eigenvalue weighted by Gasteiger charge is 2.61. The first-order valence-corrected chi connectivity index (χ1v) is 22.7. The van der Waals surface area contributed by atoms with Crippen LogP contribution < -0.4 is 9.64 Å². The fourth-order valence-electron chi connectivity index (χ4n) is 13.3. The third-order valence-electron chi connectivity index (χ3n) is 16.2. The van der Waals surface area contributed by atoms with Crippen LogP contribution in [0, 0.1) is 23.7 Å². The molecule has 2 nitrogen and oxygen atoms in total. The van der Waals surface area contributed by atoms with Crippen LogP contribution in [0.1, 0.15) is 94.9 Å². The minimum absolute atomic E-state index is 0.0107. The summed E-state index contributed by atoms with van der Waals surface area (Å²) >= 11 is 0. The molecule has 4 saturated carbocycles. The average Bonchev–Trinajstić information content (AvgIpc) is 3.27. The zero-order valence-corrected chi connectivity index (χ0v) is 35.5. The molecule has 0 saturated heterocycles. The number of rotatable bonds is 5. The van der Waals surface area contributed by atoms with Gasteiger partial charge in [0.05, 0.1) is 0 Å². The van der Waals surface area contributed by atoms with Crippen molar-refractivity contribution in [2.45, 2.75) is 88.9 Å². The third kappa shape index (κ3) is 5.45. The Labute approximate surface area is 356 Å². The molecule has 7 aromatic rings. The largest absolute Gasteiger partial charge is 0.457 e. The number of fused-ring (bicyclic) bond motifs is 4. The van der Waals surface area contributed by atoms with Crippen molar-refractivity contribution in [3.05, 3.63) is 174 Å². The van der Waals surface area contributed by atoms with Gasteiger partial charge in [0.1, 0.15) is 11.5 Å². The monoisotopic (exact) mass is 781 g/mol. The number of nitrogens with zero attached hydrogens (tertiary/aromatic N) is 1. The Balaban J connectivity index is 0.980. The lowest BCUT2D eigenvalue weighted by Crippen LogP contribution is -2.57. The predicted octanol–water partition coefficient (Wildman–Crippen LogP) is 15.8. The molecule has 7 aromatic carbocycles. The molecule has 0 N–H and O–H groups in total. The van der Waals surface area contributed by atoms with Crippen LogP contribution in [0.2, 0.25) is 0 Å². The van der Waals surface area contributed by atoms with Gasteiger partial charge in [0.15, 0.2) is 0 Å². The van der Waals surface area contributed by atoms with Crippen molar-refractivity contribution in [2.24, 2.45) is 23.7 Å². The Bertz CT molecular complexity index is 2770. The van der Waals surface area contributed by atoms with E-state index < -0.39 is 0 Å². The van der Waals surface area contributed by atoms with Gasteiger partial charge >= 0.3 is 0 Å². The molecule has 5 aliphatic carbocycles. The van der Waals surface area contributed by atoms with Gasteiger partial charge in [0.25, 0.3) is 0 Å². The molecule has 60 heavy (non-hydrogen) atoms. The van der Waals surface area contributed by atoms with Crippen LogP contribution in [0.15, 0.2) is 152 Å². The Kier molecular flexibility index (Phi) is 7.98. The zero-order valence-electron chi connectivity index (χ0n) is 35.5. The van der Waals surface area contributed by atoms with Gasteiger partial charge < -0.3 is 9.64 Å². The third-order valence-corrected chi connectivity index (χ3v) is 16.2. The minimum atomic E-state index is -0.0107. The number of hydrogen-bond acceptors (Lipinski definition) is 2. The highest BCUT2D eigenvalue weighted by atomic mass is 16.5. The van der Waals surface area contributed by atoms with Crippen LogP contribution in [0.25, 0.3) is 33.0 Å². The summed E-state index contributed by atoms with van der Waals surface area (Å²) in [4.78, 5) is 2.54. The molecule has 2 heteroatoms. The van der Waals surface area contributed by atoms with Crippen LogP contribution in [0.4, 0.5) is 17.1 Å². The molecule has 298 valence electrons. The molecule has 0 amide bonds. The summed E-state index contributed by atoms with van der Waals surface area (Å²) in [6.07, 6.45) is 9.21. The number of para-hydroxylation sites is 1. The summed E-state index contributed by atoms with van der Waals surface area (Å²) < 4.78 is 6.88. The van der Waals surface area contributed by atoms with Crippen LogP contribution in [0.5, 0.6) is 11.5 Å². The zero-order chi connectivity index (χ0) is 40.4. The van der Waals surface area contributed by atoms with Crippen molar-refractivity contribution in [1.82, 2.24) is 0 Å². The SMILES string of the molecule is CC1(C)CCC(C)(C)c2cc(N(c3ccc(-c4ccc(-c5cccc6ccccc56)cc4)cc3)c3ccc4c(c3)C3(c5ccccc5O4)C4CC5CC(C4)CC3C5)ccc21. The molecule has 0 atom stereocenters. The van der Waals surface area contributed by atoms with Crippen LogP contribution >= 0.6 is 0 Å². The van der Waals surface area contributed by atoms with Crippen LogP contribution in [0.3, 0.4) is 0 Å². The molecule has 13 rings (SSSR count). The number of anilines is 3. The molecule has 0 radical (unpaired) electrons. The molecule has 1 aliphatic heterocycles. The van der Waals surface area contributed by atoms with Gasteiger partial charge in [-0.15, -0.1) is 0 Å². The van der Waals surface area contributed by atoms with E-state index in [1.807, 2.05) is 0 Å². The number of benzene rings is 7. The molecular formula is C58H55NO. The van der Waals surface area contributed by atoms with Crippen LogP contribution in [-0.4, -0.2) is 0 Å². The Hall–Kier alpha value is -5.60. The first-order chi connectivity index (χ1) is 29.2. The van der Waals surface area contributed by atoms with Gasteiger partial charge in [-0.25, -0.2) is 0 Å². The lowest BCUT2D eigenvalue weighted by molar-refractivity contribution is -0.0452. The van der Waals surface area contributed by atoms with Crippen molar-refractivity contribution in [3.63, 3.8) is 0 Å². The topological polar surface area (TPSA) is 12.5 Å². The van der Waals surface area contributed by atoms with Crippen LogP contribution in [-0.2, 0) is 16.2 Å². The highest BCUT2D eigenvalue weighted by molar-refractivity contribution is 5.97. The molecule has 4 bridgehead atoms. The van der Waals surface area contributed by atoms with E-state index in [0.717, 1.165) is 23.3 Å². The van der Waals surface area contributed by atoms with E-state index in [2.05, 4.69) is 184 Å². The first-order valence-electron chi connectivity index (χ1n) is 22.7. The standard InChI is InChI=1S/C58H55NO/c1-56(2)28-29-57(3,4)52-35-46(24-26-50(52)56)59(45-22-20-40(21-23-45)39-16-18-42(19-17-39)49-13-9-11-41-10-5-6-12-48(41)49)47-25-27-55-53(36-47)58(51-14-7-8-15-54(51)60-55)43-31-37-30-38(33-43)34-44(58)32-37/h5-27,35-38,43-44H,28-34H2,1-4H3. The Morgan fingerprint density at radius 2 is 1.00 bits per heavy atom. The van der Waals surface area contributed by atoms with E-state index in [4.69, 9.17) is 4.74 Å². The van der Waals surface area contributed by atoms with Gasteiger partial charge in [-0.1, -0.05) is 131 Å². The summed E-state index contributed by atoms with van der Waals surface area (Å²) in [5, 5.41) is 2.56. The van der Waals surface area contributed by atoms with E-state index in [1.54, 1.807) is 0 Å². The van der Waals surface area contributed by atoms with E-state index in [0.29, 0.717) is 11.8 Å². The molecule has 1 heterocycles. The summed E-state index contributed by atoms with van der Waals surface area (Å²) in [5.74, 6) is 5.20. The van der Waals surface area contributed by atoms with Crippen molar-refractivity contribution >= 4 is 27.8 Å². The highest BCUT2D eigenvalue weighted by Crippen LogP contribution is 2.69. The van der Waals surface area contributed by atoms with Gasteiger partial charge in [-0.2, -0.15) is 0 Å². The van der Waals surface area contributed by atoms with Gasteiger partial charge in [0, 0.05) is 33.6 Å². The summed E-state index contributed by atoms with van der Waals surface area (Å²) in [6, 6.07) is 57.3. The van der Waals surface area contributed by atoms with Crippen molar-refractivity contribution in [1.29, 1.82) is 0 Å². The predicted molar refractivity (Wildman–Crippen MR) is 249 cm³/mol. The lowest BCUT2D eigenvalue weighted by atomic mass is 9.42. The summed E-state index contributed by atoms with van der Waals surface area (Å²) in [5.41, 5.74) is 14.7. The quantitative estimate of drug-likeness (QED) is 0.172. The maximum atomic E-state index is 6.88. The second-order valence-electron chi connectivity index (χ2n) is 20.4. The van der Waals surface area contributed by atoms with Crippen molar-refractivity contribution in [3.8, 4) is 33.8 Å². The van der Waals surface area contributed by atoms with Crippen molar-refractivity contribution in [2.75, 3.05) is 4.90 Å². The van der Waals surface area contributed by atoms with Gasteiger partial charge in [-0.05, 0) is 172 Å². The molecule has 6 aliphatic rings.